The third-order valence-corrected chi connectivity index (χ3v) is 5.69. The molecule has 3 aromatic carbocycles. The van der Waals surface area contributed by atoms with Gasteiger partial charge in [0.05, 0.1) is 12.7 Å². The molecule has 0 radical (unpaired) electrons. The van der Waals surface area contributed by atoms with Gasteiger partial charge in [-0.1, -0.05) is 30.3 Å². The second-order valence-electron chi connectivity index (χ2n) is 7.91. The smallest absolute Gasteiger partial charge is 0.255 e. The molecule has 1 amide bonds. The number of allylic oxidation sites excluding steroid dienone is 1. The van der Waals surface area contributed by atoms with Crippen LogP contribution in [0.4, 0.5) is 11.6 Å². The van der Waals surface area contributed by atoms with Crippen LogP contribution in [0.5, 0.6) is 11.5 Å². The lowest BCUT2D eigenvalue weighted by Crippen LogP contribution is -2.31. The van der Waals surface area contributed by atoms with Gasteiger partial charge in [-0.05, 0) is 61.0 Å². The molecule has 1 aromatic heterocycles. The Morgan fingerprint density at radius 3 is 2.41 bits per heavy atom. The molecule has 8 heteroatoms. The first-order valence-electron chi connectivity index (χ1n) is 10.8. The summed E-state index contributed by atoms with van der Waals surface area (Å²) in [5.41, 5.74) is 3.54. The van der Waals surface area contributed by atoms with Crippen molar-refractivity contribution in [2.24, 2.45) is 0 Å². The Balaban J connectivity index is 1.59. The highest BCUT2D eigenvalue weighted by molar-refractivity contribution is 6.06. The maximum absolute atomic E-state index is 13.5. The van der Waals surface area contributed by atoms with E-state index < -0.39 is 6.04 Å². The monoisotopic (exact) mass is 453 g/mol. The predicted molar refractivity (Wildman–Crippen MR) is 130 cm³/mol. The van der Waals surface area contributed by atoms with E-state index in [1.54, 1.807) is 36.1 Å². The predicted octanol–water partition coefficient (Wildman–Crippen LogP) is 4.59. The number of hydrogen-bond acceptors (Lipinski definition) is 6. The molecule has 0 fully saturated rings. The summed E-state index contributed by atoms with van der Waals surface area (Å²) >= 11 is 0. The van der Waals surface area contributed by atoms with Crippen molar-refractivity contribution in [3.05, 3.63) is 95.7 Å². The van der Waals surface area contributed by atoms with Crippen molar-refractivity contribution in [1.29, 1.82) is 0 Å². The molecule has 4 aromatic rings. The third kappa shape index (κ3) is 3.97. The van der Waals surface area contributed by atoms with Gasteiger partial charge in [0.15, 0.2) is 5.82 Å². The standard InChI is InChI=1S/C26H23N5O3/c1-16-22(25(33)28-19-6-4-3-5-7-19)23(17-10-14-21(34-2)15-11-17)31-26(27-16)29-24(30-31)18-8-12-20(32)13-9-18/h3-15,23,32H,1-2H3,(H,28,33)(H,27,29,30). The molecule has 170 valence electrons. The van der Waals surface area contributed by atoms with Crippen LogP contribution in [-0.2, 0) is 4.79 Å². The van der Waals surface area contributed by atoms with E-state index in [4.69, 9.17) is 9.84 Å². The van der Waals surface area contributed by atoms with Gasteiger partial charge in [-0.25, -0.2) is 4.68 Å². The van der Waals surface area contributed by atoms with Gasteiger partial charge in [-0.2, -0.15) is 4.98 Å². The van der Waals surface area contributed by atoms with Crippen molar-refractivity contribution in [2.45, 2.75) is 13.0 Å². The molecule has 2 heterocycles. The van der Waals surface area contributed by atoms with Gasteiger partial charge in [0.2, 0.25) is 5.95 Å². The van der Waals surface area contributed by atoms with Crippen LogP contribution in [0.15, 0.2) is 90.1 Å². The van der Waals surface area contributed by atoms with Crippen LogP contribution < -0.4 is 15.4 Å². The molecule has 0 spiro atoms. The van der Waals surface area contributed by atoms with Gasteiger partial charge < -0.3 is 20.5 Å². The summed E-state index contributed by atoms with van der Waals surface area (Å²) in [5.74, 6) is 1.66. The molecule has 1 aliphatic heterocycles. The number of nitrogens with zero attached hydrogens (tertiary/aromatic N) is 3. The van der Waals surface area contributed by atoms with E-state index in [0.29, 0.717) is 28.7 Å². The summed E-state index contributed by atoms with van der Waals surface area (Å²) < 4.78 is 7.03. The summed E-state index contributed by atoms with van der Waals surface area (Å²) in [4.78, 5) is 18.1. The topological polar surface area (TPSA) is 101 Å². The molecule has 0 saturated carbocycles. The lowest BCUT2D eigenvalue weighted by molar-refractivity contribution is -0.113. The Kier molecular flexibility index (Phi) is 5.47. The fourth-order valence-corrected chi connectivity index (χ4v) is 3.99. The quantitative estimate of drug-likeness (QED) is 0.409. The molecule has 1 atom stereocenters. The lowest BCUT2D eigenvalue weighted by Gasteiger charge is -2.28. The first-order chi connectivity index (χ1) is 16.5. The summed E-state index contributed by atoms with van der Waals surface area (Å²) in [6.45, 7) is 1.86. The number of phenolic OH excluding ortho intramolecular Hbond substituents is 1. The van der Waals surface area contributed by atoms with Crippen LogP contribution >= 0.6 is 0 Å². The lowest BCUT2D eigenvalue weighted by atomic mass is 9.95. The van der Waals surface area contributed by atoms with Crippen molar-refractivity contribution in [2.75, 3.05) is 17.7 Å². The van der Waals surface area contributed by atoms with Gasteiger partial charge in [0, 0.05) is 16.9 Å². The average Bonchev–Trinajstić information content (AvgIpc) is 3.27. The van der Waals surface area contributed by atoms with Crippen molar-refractivity contribution in [3.63, 3.8) is 0 Å². The van der Waals surface area contributed by atoms with Gasteiger partial charge in [0.25, 0.3) is 5.91 Å². The second kappa shape index (κ2) is 8.74. The summed E-state index contributed by atoms with van der Waals surface area (Å²) in [5, 5.41) is 20.6. The SMILES string of the molecule is COc1ccc(C2C(C(=O)Nc3ccccc3)=C(C)Nc3nc(-c4ccc(O)cc4)nn32)cc1. The van der Waals surface area contributed by atoms with Crippen LogP contribution in [0.3, 0.4) is 0 Å². The van der Waals surface area contributed by atoms with Crippen molar-refractivity contribution < 1.29 is 14.6 Å². The normalized spacial score (nSPS) is 14.8. The molecule has 3 N–H and O–H groups in total. The Bertz CT molecular complexity index is 1360. The molecule has 0 aliphatic carbocycles. The zero-order chi connectivity index (χ0) is 23.7. The Morgan fingerprint density at radius 2 is 1.74 bits per heavy atom. The van der Waals surface area contributed by atoms with E-state index in [0.717, 1.165) is 16.9 Å². The fraction of sp³-hybridized carbons (Fsp3) is 0.115. The Labute approximate surface area is 196 Å². The van der Waals surface area contributed by atoms with E-state index in [-0.39, 0.29) is 11.7 Å². The number of rotatable bonds is 5. The number of carbonyl (C=O) groups excluding carboxylic acids is 1. The highest BCUT2D eigenvalue weighted by Gasteiger charge is 2.34. The minimum absolute atomic E-state index is 0.166. The highest BCUT2D eigenvalue weighted by atomic mass is 16.5. The van der Waals surface area contributed by atoms with Gasteiger partial charge in [0.1, 0.15) is 17.5 Å². The second-order valence-corrected chi connectivity index (χ2v) is 7.91. The number of fused-ring (bicyclic) bond motifs is 1. The third-order valence-electron chi connectivity index (χ3n) is 5.69. The van der Waals surface area contributed by atoms with Crippen LogP contribution in [0.1, 0.15) is 18.5 Å². The first-order valence-corrected chi connectivity index (χ1v) is 10.8. The zero-order valence-electron chi connectivity index (χ0n) is 18.7. The highest BCUT2D eigenvalue weighted by Crippen LogP contribution is 2.37. The molecule has 1 aliphatic rings. The van der Waals surface area contributed by atoms with Crippen LogP contribution in [0.2, 0.25) is 0 Å². The number of amides is 1. The van der Waals surface area contributed by atoms with Gasteiger partial charge in [-0.15, -0.1) is 5.10 Å². The zero-order valence-corrected chi connectivity index (χ0v) is 18.7. The maximum Gasteiger partial charge on any atom is 0.255 e. The molecule has 34 heavy (non-hydrogen) atoms. The van der Waals surface area contributed by atoms with E-state index in [1.807, 2.05) is 61.5 Å². The fourth-order valence-electron chi connectivity index (χ4n) is 3.99. The van der Waals surface area contributed by atoms with E-state index >= 15 is 0 Å². The van der Waals surface area contributed by atoms with E-state index in [9.17, 15) is 9.90 Å². The number of phenols is 1. The van der Waals surface area contributed by atoms with Crippen molar-refractivity contribution in [1.82, 2.24) is 14.8 Å². The maximum atomic E-state index is 13.5. The number of methoxy groups -OCH3 is 1. The number of carbonyl (C=O) groups is 1. The van der Waals surface area contributed by atoms with Crippen molar-refractivity contribution >= 4 is 17.5 Å². The van der Waals surface area contributed by atoms with Crippen LogP contribution in [-0.4, -0.2) is 32.9 Å². The Hall–Kier alpha value is -4.59. The van der Waals surface area contributed by atoms with E-state index in [2.05, 4.69) is 15.6 Å². The number of aromatic nitrogens is 3. The summed E-state index contributed by atoms with van der Waals surface area (Å²) in [6, 6.07) is 23.1. The largest absolute Gasteiger partial charge is 0.508 e. The van der Waals surface area contributed by atoms with Crippen LogP contribution in [0, 0.1) is 0 Å². The van der Waals surface area contributed by atoms with Crippen molar-refractivity contribution in [3.8, 4) is 22.9 Å². The first kappa shape index (κ1) is 21.3. The summed E-state index contributed by atoms with van der Waals surface area (Å²) in [6.07, 6.45) is 0. The molecular weight excluding hydrogens is 430 g/mol. The number of nitrogens with one attached hydrogen (secondary N) is 2. The number of anilines is 2. The average molecular weight is 454 g/mol. The number of hydrogen-bond donors (Lipinski definition) is 3. The molecule has 0 bridgehead atoms. The molecule has 0 saturated heterocycles. The molecule has 8 nitrogen and oxygen atoms in total. The Morgan fingerprint density at radius 1 is 1.03 bits per heavy atom. The minimum Gasteiger partial charge on any atom is -0.508 e. The molecular formula is C26H23N5O3. The number of ether oxygens (including phenoxy) is 1. The number of aromatic hydroxyl groups is 1. The van der Waals surface area contributed by atoms with Gasteiger partial charge in [-0.3, -0.25) is 4.79 Å². The summed E-state index contributed by atoms with van der Waals surface area (Å²) in [7, 11) is 1.61. The van der Waals surface area contributed by atoms with Gasteiger partial charge >= 0.3 is 0 Å². The minimum atomic E-state index is -0.510. The number of benzene rings is 3. The van der Waals surface area contributed by atoms with Crippen LogP contribution in [0.25, 0.3) is 11.4 Å². The number of para-hydroxylation sites is 1. The van der Waals surface area contributed by atoms with E-state index in [1.165, 1.54) is 0 Å². The molecule has 5 rings (SSSR count). The molecule has 1 unspecified atom stereocenters.